The van der Waals surface area contributed by atoms with Gasteiger partial charge in [0.15, 0.2) is 5.75 Å². The molecule has 2 heterocycles. The van der Waals surface area contributed by atoms with Crippen molar-refractivity contribution >= 4 is 22.9 Å². The Bertz CT molecular complexity index is 948. The molecule has 24 heavy (non-hydrogen) atoms. The van der Waals surface area contributed by atoms with Crippen molar-refractivity contribution in [3.63, 3.8) is 0 Å². The number of carbonyl (C=O) groups is 1. The number of hydrogen-bond donors (Lipinski definition) is 1. The molecule has 0 unspecified atom stereocenters. The molecule has 8 nitrogen and oxygen atoms in total. The molecule has 0 radical (unpaired) electrons. The van der Waals surface area contributed by atoms with Gasteiger partial charge in [0, 0.05) is 35.8 Å². The predicted octanol–water partition coefficient (Wildman–Crippen LogP) is 2.81. The van der Waals surface area contributed by atoms with Crippen molar-refractivity contribution in [1.29, 1.82) is 0 Å². The first kappa shape index (κ1) is 15.5. The monoisotopic (exact) mass is 326 g/mol. The van der Waals surface area contributed by atoms with Gasteiger partial charge in [0.25, 0.3) is 5.91 Å². The molecule has 0 bridgehead atoms. The SMILES string of the molecule is COc1cc(C(=O)Nc2ccc3nccn3c2C)ccc1[N+](=O)[O-]. The average molecular weight is 326 g/mol. The van der Waals surface area contributed by atoms with Crippen LogP contribution in [0.2, 0.25) is 0 Å². The molecule has 0 aliphatic heterocycles. The van der Waals surface area contributed by atoms with Gasteiger partial charge in [0.1, 0.15) is 5.65 Å². The smallest absolute Gasteiger partial charge is 0.310 e. The first-order valence-corrected chi connectivity index (χ1v) is 7.07. The van der Waals surface area contributed by atoms with Crippen LogP contribution in [0, 0.1) is 17.0 Å². The molecule has 0 spiro atoms. The number of amides is 1. The molecule has 0 fully saturated rings. The average Bonchev–Trinajstić information content (AvgIpc) is 3.06. The van der Waals surface area contributed by atoms with Gasteiger partial charge < -0.3 is 14.5 Å². The van der Waals surface area contributed by atoms with Crippen LogP contribution in [0.1, 0.15) is 16.1 Å². The Labute approximate surface area is 136 Å². The van der Waals surface area contributed by atoms with Crippen LogP contribution < -0.4 is 10.1 Å². The van der Waals surface area contributed by atoms with Gasteiger partial charge in [-0.1, -0.05) is 0 Å². The van der Waals surface area contributed by atoms with Crippen molar-refractivity contribution in [2.24, 2.45) is 0 Å². The molecule has 0 aliphatic rings. The third-order valence-electron chi connectivity index (χ3n) is 3.71. The summed E-state index contributed by atoms with van der Waals surface area (Å²) >= 11 is 0. The molecule has 3 aromatic rings. The second-order valence-electron chi connectivity index (χ2n) is 5.09. The zero-order chi connectivity index (χ0) is 17.3. The minimum absolute atomic E-state index is 0.0365. The quantitative estimate of drug-likeness (QED) is 0.587. The van der Waals surface area contributed by atoms with E-state index < -0.39 is 4.92 Å². The Kier molecular flexibility index (Phi) is 3.87. The lowest BCUT2D eigenvalue weighted by Crippen LogP contribution is -2.14. The summed E-state index contributed by atoms with van der Waals surface area (Å²) in [4.78, 5) is 27.0. The lowest BCUT2D eigenvalue weighted by molar-refractivity contribution is -0.385. The van der Waals surface area contributed by atoms with Crippen molar-refractivity contribution in [3.8, 4) is 5.75 Å². The first-order chi connectivity index (χ1) is 11.5. The van der Waals surface area contributed by atoms with Gasteiger partial charge in [0.05, 0.1) is 17.7 Å². The van der Waals surface area contributed by atoms with Gasteiger partial charge in [-0.25, -0.2) is 4.98 Å². The maximum atomic E-state index is 12.4. The topological polar surface area (TPSA) is 98.8 Å². The highest BCUT2D eigenvalue weighted by Gasteiger charge is 2.18. The highest BCUT2D eigenvalue weighted by atomic mass is 16.6. The summed E-state index contributed by atoms with van der Waals surface area (Å²) in [6.45, 7) is 1.86. The van der Waals surface area contributed by atoms with Gasteiger partial charge in [-0.3, -0.25) is 14.9 Å². The number of nitro groups is 1. The number of nitrogens with one attached hydrogen (secondary N) is 1. The number of pyridine rings is 1. The minimum atomic E-state index is -0.558. The van der Waals surface area contributed by atoms with E-state index in [1.54, 1.807) is 24.5 Å². The van der Waals surface area contributed by atoms with E-state index in [1.807, 2.05) is 11.3 Å². The van der Waals surface area contributed by atoms with E-state index in [0.29, 0.717) is 5.69 Å². The molecule has 1 N–H and O–H groups in total. The number of methoxy groups -OCH3 is 1. The van der Waals surface area contributed by atoms with Crippen molar-refractivity contribution in [1.82, 2.24) is 9.38 Å². The zero-order valence-electron chi connectivity index (χ0n) is 13.0. The summed E-state index contributed by atoms with van der Waals surface area (Å²) in [7, 11) is 1.32. The highest BCUT2D eigenvalue weighted by molar-refractivity contribution is 6.05. The minimum Gasteiger partial charge on any atom is -0.490 e. The Hall–Kier alpha value is -3.42. The number of ether oxygens (including phenoxy) is 1. The molecular weight excluding hydrogens is 312 g/mol. The van der Waals surface area contributed by atoms with E-state index in [2.05, 4.69) is 10.3 Å². The van der Waals surface area contributed by atoms with Gasteiger partial charge in [-0.05, 0) is 25.1 Å². The Morgan fingerprint density at radius 2 is 2.12 bits per heavy atom. The number of benzene rings is 1. The molecule has 0 saturated heterocycles. The second kappa shape index (κ2) is 5.99. The number of anilines is 1. The standard InChI is InChI=1S/C16H14N4O4/c1-10-12(4-6-15-17-7-8-19(10)15)18-16(21)11-3-5-13(20(22)23)14(9-11)24-2/h3-9H,1-2H3,(H,18,21). The highest BCUT2D eigenvalue weighted by Crippen LogP contribution is 2.28. The Morgan fingerprint density at radius 3 is 2.83 bits per heavy atom. The van der Waals surface area contributed by atoms with Gasteiger partial charge in [-0.2, -0.15) is 0 Å². The lowest BCUT2D eigenvalue weighted by Gasteiger charge is -2.11. The van der Waals surface area contributed by atoms with E-state index in [1.165, 1.54) is 25.3 Å². The summed E-state index contributed by atoms with van der Waals surface area (Å²) in [5.41, 5.74) is 2.31. The third kappa shape index (κ3) is 2.65. The number of imidazole rings is 1. The van der Waals surface area contributed by atoms with Crippen molar-refractivity contribution < 1.29 is 14.5 Å². The molecule has 0 atom stereocenters. The van der Waals surface area contributed by atoms with Crippen LogP contribution in [0.3, 0.4) is 0 Å². The van der Waals surface area contributed by atoms with E-state index in [4.69, 9.17) is 4.74 Å². The number of hydrogen-bond acceptors (Lipinski definition) is 5. The fourth-order valence-electron chi connectivity index (χ4n) is 2.43. The molecule has 1 aromatic carbocycles. The van der Waals surface area contributed by atoms with Crippen molar-refractivity contribution in [2.45, 2.75) is 6.92 Å². The van der Waals surface area contributed by atoms with Gasteiger partial charge in [-0.15, -0.1) is 0 Å². The Morgan fingerprint density at radius 1 is 1.33 bits per heavy atom. The number of fused-ring (bicyclic) bond motifs is 1. The maximum absolute atomic E-state index is 12.4. The van der Waals surface area contributed by atoms with Crippen molar-refractivity contribution in [3.05, 3.63) is 64.1 Å². The maximum Gasteiger partial charge on any atom is 0.310 e. The molecule has 0 aliphatic carbocycles. The number of aryl methyl sites for hydroxylation is 1. The molecule has 3 rings (SSSR count). The van der Waals surface area contributed by atoms with Crippen LogP contribution in [-0.2, 0) is 0 Å². The van der Waals surface area contributed by atoms with E-state index in [9.17, 15) is 14.9 Å². The third-order valence-corrected chi connectivity index (χ3v) is 3.71. The second-order valence-corrected chi connectivity index (χ2v) is 5.09. The van der Waals surface area contributed by atoms with Crippen LogP contribution in [0.15, 0.2) is 42.7 Å². The molecule has 1 amide bonds. The summed E-state index contributed by atoms with van der Waals surface area (Å²) < 4.78 is 6.84. The van der Waals surface area contributed by atoms with Crippen LogP contribution in [0.25, 0.3) is 5.65 Å². The van der Waals surface area contributed by atoms with Crippen LogP contribution >= 0.6 is 0 Å². The van der Waals surface area contributed by atoms with Gasteiger partial charge in [0.2, 0.25) is 0 Å². The summed E-state index contributed by atoms with van der Waals surface area (Å²) in [6, 6.07) is 7.54. The van der Waals surface area contributed by atoms with Crippen molar-refractivity contribution in [2.75, 3.05) is 12.4 Å². The number of nitrogens with zero attached hydrogens (tertiary/aromatic N) is 3. The van der Waals surface area contributed by atoms with E-state index in [0.717, 1.165) is 11.3 Å². The fraction of sp³-hybridized carbons (Fsp3) is 0.125. The molecule has 8 heteroatoms. The Balaban J connectivity index is 1.91. The summed E-state index contributed by atoms with van der Waals surface area (Å²) in [6.07, 6.45) is 3.48. The number of rotatable bonds is 4. The number of nitro benzene ring substituents is 1. The van der Waals surface area contributed by atoms with Crippen LogP contribution in [-0.4, -0.2) is 27.3 Å². The number of aromatic nitrogens is 2. The molecule has 0 saturated carbocycles. The van der Waals surface area contributed by atoms with Crippen LogP contribution in [0.4, 0.5) is 11.4 Å². The lowest BCUT2D eigenvalue weighted by atomic mass is 10.1. The summed E-state index contributed by atoms with van der Waals surface area (Å²) in [5.74, 6) is -0.347. The summed E-state index contributed by atoms with van der Waals surface area (Å²) in [5, 5.41) is 13.7. The molecular formula is C16H14N4O4. The molecule has 122 valence electrons. The fourth-order valence-corrected chi connectivity index (χ4v) is 2.43. The van der Waals surface area contributed by atoms with E-state index in [-0.39, 0.29) is 22.9 Å². The predicted molar refractivity (Wildman–Crippen MR) is 87.5 cm³/mol. The number of carbonyl (C=O) groups excluding carboxylic acids is 1. The normalized spacial score (nSPS) is 10.6. The molecule has 2 aromatic heterocycles. The van der Waals surface area contributed by atoms with Crippen LogP contribution in [0.5, 0.6) is 5.75 Å². The van der Waals surface area contributed by atoms with Gasteiger partial charge >= 0.3 is 5.69 Å². The zero-order valence-corrected chi connectivity index (χ0v) is 13.0. The first-order valence-electron chi connectivity index (χ1n) is 7.07. The van der Waals surface area contributed by atoms with E-state index >= 15 is 0 Å². The largest absolute Gasteiger partial charge is 0.490 e.